The summed E-state index contributed by atoms with van der Waals surface area (Å²) >= 11 is 0. The molecule has 0 spiro atoms. The molecule has 0 saturated carbocycles. The fourth-order valence-corrected chi connectivity index (χ4v) is 0.658. The fourth-order valence-electron chi connectivity index (χ4n) is 0.658. The van der Waals surface area contributed by atoms with Crippen molar-refractivity contribution in [2.24, 2.45) is 0 Å². The lowest BCUT2D eigenvalue weighted by molar-refractivity contribution is -0.212. The summed E-state index contributed by atoms with van der Waals surface area (Å²) < 4.78 is 10.2. The van der Waals surface area contributed by atoms with Crippen molar-refractivity contribution < 1.29 is 9.47 Å². The maximum atomic E-state index is 5.15. The smallest absolute Gasteiger partial charge is 0.158 e. The van der Waals surface area contributed by atoms with E-state index in [9.17, 15) is 0 Å². The van der Waals surface area contributed by atoms with E-state index in [-0.39, 0.29) is 12.5 Å². The predicted octanol–water partition coefficient (Wildman–Crippen LogP) is 0.272. The number of rotatable bonds is 0. The number of hydrogen-bond donors (Lipinski definition) is 1. The highest BCUT2D eigenvalue weighted by Crippen LogP contribution is 2.01. The van der Waals surface area contributed by atoms with Crippen molar-refractivity contribution in [1.82, 2.24) is 5.32 Å². The molecule has 1 aliphatic rings. The molecule has 0 aromatic heterocycles. The number of hydrogen-bond acceptors (Lipinski definition) is 3. The average molecular weight is 117 g/mol. The molecule has 2 atom stereocenters. The summed E-state index contributed by atoms with van der Waals surface area (Å²) in [6, 6.07) is 0. The zero-order valence-electron chi connectivity index (χ0n) is 5.18. The SMILES string of the molecule is CC1NCOC(C)O1. The second-order valence-corrected chi connectivity index (χ2v) is 1.86. The maximum Gasteiger partial charge on any atom is 0.158 e. The fraction of sp³-hybridized carbons (Fsp3) is 1.00. The highest BCUT2D eigenvalue weighted by atomic mass is 16.7. The van der Waals surface area contributed by atoms with Gasteiger partial charge in [-0.3, -0.25) is 5.32 Å². The van der Waals surface area contributed by atoms with Gasteiger partial charge in [-0.2, -0.15) is 0 Å². The first-order chi connectivity index (χ1) is 3.79. The maximum absolute atomic E-state index is 5.15. The van der Waals surface area contributed by atoms with E-state index in [1.54, 1.807) is 0 Å². The van der Waals surface area contributed by atoms with Crippen LogP contribution < -0.4 is 5.32 Å². The molecule has 0 aromatic rings. The van der Waals surface area contributed by atoms with Gasteiger partial charge in [0.1, 0.15) is 13.0 Å². The van der Waals surface area contributed by atoms with E-state index in [0.717, 1.165) is 0 Å². The van der Waals surface area contributed by atoms with Crippen LogP contribution in [0.3, 0.4) is 0 Å². The molecule has 3 nitrogen and oxygen atoms in total. The van der Waals surface area contributed by atoms with Crippen LogP contribution in [-0.2, 0) is 9.47 Å². The first kappa shape index (κ1) is 6.01. The zero-order chi connectivity index (χ0) is 5.98. The van der Waals surface area contributed by atoms with Crippen molar-refractivity contribution in [2.75, 3.05) is 6.73 Å². The molecule has 1 heterocycles. The Kier molecular flexibility index (Phi) is 1.83. The summed E-state index contributed by atoms with van der Waals surface area (Å²) in [6.07, 6.45) is 0.0880. The van der Waals surface area contributed by atoms with Crippen LogP contribution in [0, 0.1) is 0 Å². The molecule has 1 aliphatic heterocycles. The van der Waals surface area contributed by atoms with Gasteiger partial charge in [0.2, 0.25) is 0 Å². The zero-order valence-corrected chi connectivity index (χ0v) is 5.18. The van der Waals surface area contributed by atoms with Crippen molar-refractivity contribution in [1.29, 1.82) is 0 Å². The monoisotopic (exact) mass is 117 g/mol. The average Bonchev–Trinajstić information content (AvgIpc) is 1.64. The molecular weight excluding hydrogens is 106 g/mol. The van der Waals surface area contributed by atoms with Crippen molar-refractivity contribution in [3.63, 3.8) is 0 Å². The summed E-state index contributed by atoms with van der Waals surface area (Å²) in [4.78, 5) is 0. The van der Waals surface area contributed by atoms with Gasteiger partial charge in [-0.1, -0.05) is 0 Å². The molecule has 3 heteroatoms. The minimum Gasteiger partial charge on any atom is -0.338 e. The van der Waals surface area contributed by atoms with Crippen LogP contribution in [0.15, 0.2) is 0 Å². The van der Waals surface area contributed by atoms with Gasteiger partial charge >= 0.3 is 0 Å². The van der Waals surface area contributed by atoms with Gasteiger partial charge in [-0.05, 0) is 13.8 Å². The lowest BCUT2D eigenvalue weighted by Gasteiger charge is -2.26. The van der Waals surface area contributed by atoms with Gasteiger partial charge < -0.3 is 9.47 Å². The third-order valence-electron chi connectivity index (χ3n) is 1.08. The van der Waals surface area contributed by atoms with Crippen LogP contribution in [0.1, 0.15) is 13.8 Å². The molecular formula is C5H11NO2. The second kappa shape index (κ2) is 2.44. The van der Waals surface area contributed by atoms with Gasteiger partial charge in [0.05, 0.1) is 0 Å². The summed E-state index contributed by atoms with van der Waals surface area (Å²) in [6.45, 7) is 4.44. The predicted molar refractivity (Wildman–Crippen MR) is 29.1 cm³/mol. The van der Waals surface area contributed by atoms with Crippen LogP contribution in [0.25, 0.3) is 0 Å². The molecule has 0 radical (unpaired) electrons. The van der Waals surface area contributed by atoms with Crippen molar-refractivity contribution in [3.05, 3.63) is 0 Å². The first-order valence-electron chi connectivity index (χ1n) is 2.79. The Morgan fingerprint density at radius 3 is 2.62 bits per heavy atom. The molecule has 1 fully saturated rings. The van der Waals surface area contributed by atoms with Crippen LogP contribution in [0.4, 0.5) is 0 Å². The number of nitrogens with one attached hydrogen (secondary N) is 1. The van der Waals surface area contributed by atoms with Crippen LogP contribution in [0.2, 0.25) is 0 Å². The summed E-state index contributed by atoms with van der Waals surface area (Å²) in [7, 11) is 0. The van der Waals surface area contributed by atoms with Gasteiger partial charge in [0.15, 0.2) is 6.29 Å². The topological polar surface area (TPSA) is 30.5 Å². The van der Waals surface area contributed by atoms with Crippen LogP contribution in [0.5, 0.6) is 0 Å². The van der Waals surface area contributed by atoms with E-state index in [2.05, 4.69) is 5.32 Å². The Labute approximate surface area is 49.0 Å². The molecule has 1 rings (SSSR count). The third-order valence-corrected chi connectivity index (χ3v) is 1.08. The second-order valence-electron chi connectivity index (χ2n) is 1.86. The van der Waals surface area contributed by atoms with Gasteiger partial charge in [0, 0.05) is 0 Å². The first-order valence-corrected chi connectivity index (χ1v) is 2.79. The molecule has 1 N–H and O–H groups in total. The Balaban J connectivity index is 2.23. The van der Waals surface area contributed by atoms with Gasteiger partial charge in [-0.15, -0.1) is 0 Å². The van der Waals surface area contributed by atoms with Crippen LogP contribution in [-0.4, -0.2) is 19.2 Å². The van der Waals surface area contributed by atoms with Gasteiger partial charge in [0.25, 0.3) is 0 Å². The van der Waals surface area contributed by atoms with Crippen molar-refractivity contribution in [2.45, 2.75) is 26.4 Å². The Hall–Kier alpha value is -0.120. The molecule has 0 amide bonds. The molecule has 0 aromatic carbocycles. The van der Waals surface area contributed by atoms with Crippen LogP contribution >= 0.6 is 0 Å². The Bertz CT molecular complexity index is 68.8. The Morgan fingerprint density at radius 2 is 2.25 bits per heavy atom. The highest BCUT2D eigenvalue weighted by molar-refractivity contribution is 4.48. The minimum absolute atomic E-state index is 0.0498. The van der Waals surface area contributed by atoms with E-state index in [4.69, 9.17) is 9.47 Å². The summed E-state index contributed by atoms with van der Waals surface area (Å²) in [5.74, 6) is 0. The van der Waals surface area contributed by atoms with E-state index < -0.39 is 0 Å². The highest BCUT2D eigenvalue weighted by Gasteiger charge is 2.12. The van der Waals surface area contributed by atoms with E-state index in [1.165, 1.54) is 0 Å². The molecule has 0 bridgehead atoms. The molecule has 2 unspecified atom stereocenters. The quantitative estimate of drug-likeness (QED) is 0.494. The lowest BCUT2D eigenvalue weighted by Crippen LogP contribution is -2.41. The molecule has 8 heavy (non-hydrogen) atoms. The van der Waals surface area contributed by atoms with E-state index in [0.29, 0.717) is 6.73 Å². The molecule has 0 aliphatic carbocycles. The lowest BCUT2D eigenvalue weighted by atomic mass is 10.6. The van der Waals surface area contributed by atoms with Gasteiger partial charge in [-0.25, -0.2) is 0 Å². The van der Waals surface area contributed by atoms with Crippen molar-refractivity contribution in [3.8, 4) is 0 Å². The van der Waals surface area contributed by atoms with Crippen molar-refractivity contribution >= 4 is 0 Å². The third kappa shape index (κ3) is 1.43. The van der Waals surface area contributed by atoms with E-state index in [1.807, 2.05) is 13.8 Å². The minimum atomic E-state index is -0.0498. The normalized spacial score (nSPS) is 39.8. The largest absolute Gasteiger partial charge is 0.338 e. The summed E-state index contributed by atoms with van der Waals surface area (Å²) in [5, 5.41) is 2.97. The molecule has 1 saturated heterocycles. The summed E-state index contributed by atoms with van der Waals surface area (Å²) in [5.41, 5.74) is 0. The number of ether oxygens (including phenoxy) is 2. The van der Waals surface area contributed by atoms with E-state index >= 15 is 0 Å². The molecule has 48 valence electrons. The Morgan fingerprint density at radius 1 is 1.50 bits per heavy atom. The standard InChI is InChI=1S/C5H11NO2/c1-4-6-3-7-5(2)8-4/h4-6H,3H2,1-2H3.